The molecule has 0 aliphatic heterocycles. The van der Waals surface area contributed by atoms with Gasteiger partial charge in [-0.05, 0) is 12.1 Å². The summed E-state index contributed by atoms with van der Waals surface area (Å²) in [5.41, 5.74) is 7.06. The second kappa shape index (κ2) is 7.12. The minimum absolute atomic E-state index is 0.0954. The van der Waals surface area contributed by atoms with Crippen LogP contribution in [0.25, 0.3) is 0 Å². The number of carbonyl (C=O) groups is 1. The minimum Gasteiger partial charge on any atom is -0.375 e. The van der Waals surface area contributed by atoms with Crippen LogP contribution in [0.1, 0.15) is 5.69 Å². The summed E-state index contributed by atoms with van der Waals surface area (Å²) in [5.74, 6) is 0.706. The number of thiazole rings is 1. The number of thioether (sulfide) groups is 1. The summed E-state index contributed by atoms with van der Waals surface area (Å²) in [6, 6.07) is 7.71. The van der Waals surface area contributed by atoms with Gasteiger partial charge in [-0.3, -0.25) is 4.79 Å². The average Bonchev–Trinajstić information content (AvgIpc) is 2.83. The third-order valence-corrected chi connectivity index (χ3v) is 4.22. The van der Waals surface area contributed by atoms with E-state index in [0.717, 1.165) is 16.3 Å². The van der Waals surface area contributed by atoms with Gasteiger partial charge in [0.2, 0.25) is 5.91 Å². The number of hydrogen-bond donors (Lipinski definition) is 2. The molecule has 1 heterocycles. The standard InChI is InChI=1S/C14H15N3OS2/c1-2-7-19-12-6-4-3-5-11(12)17-13(18)8-10-9-20-14(15)16-10/h2-6,9H,1,7-8H2,(H2,15,16)(H,17,18). The molecule has 0 fully saturated rings. The molecular formula is C14H15N3OS2. The summed E-state index contributed by atoms with van der Waals surface area (Å²) < 4.78 is 0. The van der Waals surface area contributed by atoms with Crippen molar-refractivity contribution in [3.63, 3.8) is 0 Å². The fourth-order valence-corrected chi connectivity index (χ4v) is 2.92. The second-order valence-electron chi connectivity index (χ2n) is 4.00. The Morgan fingerprint density at radius 2 is 2.30 bits per heavy atom. The van der Waals surface area contributed by atoms with Crippen LogP contribution in [-0.2, 0) is 11.2 Å². The van der Waals surface area contributed by atoms with Crippen LogP contribution in [0, 0.1) is 0 Å². The molecule has 2 rings (SSSR count). The first kappa shape index (κ1) is 14.6. The SMILES string of the molecule is C=CCSc1ccccc1NC(=O)Cc1csc(N)n1. The van der Waals surface area contributed by atoms with Crippen LogP contribution in [0.2, 0.25) is 0 Å². The molecule has 3 N–H and O–H groups in total. The Labute approximate surface area is 126 Å². The Hall–Kier alpha value is -1.79. The fourth-order valence-electron chi connectivity index (χ4n) is 1.61. The smallest absolute Gasteiger partial charge is 0.230 e. The van der Waals surface area contributed by atoms with E-state index in [9.17, 15) is 4.79 Å². The van der Waals surface area contributed by atoms with Crippen LogP contribution < -0.4 is 11.1 Å². The third-order valence-electron chi connectivity index (χ3n) is 2.43. The number of carbonyl (C=O) groups excluding carboxylic acids is 1. The Kier molecular flexibility index (Phi) is 5.20. The number of nitrogens with two attached hydrogens (primary N) is 1. The summed E-state index contributed by atoms with van der Waals surface area (Å²) in [7, 11) is 0. The zero-order valence-electron chi connectivity index (χ0n) is 10.8. The van der Waals surface area contributed by atoms with Crippen LogP contribution in [-0.4, -0.2) is 16.6 Å². The molecule has 6 heteroatoms. The van der Waals surface area contributed by atoms with Gasteiger partial charge in [0.15, 0.2) is 5.13 Å². The van der Waals surface area contributed by atoms with E-state index in [1.807, 2.05) is 30.3 Å². The topological polar surface area (TPSA) is 68.0 Å². The Bertz CT molecular complexity index is 610. The van der Waals surface area contributed by atoms with Crippen molar-refractivity contribution in [2.75, 3.05) is 16.8 Å². The molecule has 0 spiro atoms. The van der Waals surface area contributed by atoms with Gasteiger partial charge in [-0.1, -0.05) is 18.2 Å². The number of nitrogens with one attached hydrogen (secondary N) is 1. The Balaban J connectivity index is 2.01. The van der Waals surface area contributed by atoms with Gasteiger partial charge < -0.3 is 11.1 Å². The third kappa shape index (κ3) is 4.11. The Morgan fingerprint density at radius 1 is 1.50 bits per heavy atom. The van der Waals surface area contributed by atoms with E-state index in [1.165, 1.54) is 11.3 Å². The van der Waals surface area contributed by atoms with Gasteiger partial charge in [-0.25, -0.2) is 4.98 Å². The van der Waals surface area contributed by atoms with Crippen LogP contribution >= 0.6 is 23.1 Å². The molecule has 0 bridgehead atoms. The predicted octanol–water partition coefficient (Wildman–Crippen LogP) is 3.18. The first-order chi connectivity index (χ1) is 9.69. The van der Waals surface area contributed by atoms with E-state index >= 15 is 0 Å². The maximum Gasteiger partial charge on any atom is 0.230 e. The summed E-state index contributed by atoms with van der Waals surface area (Å²) >= 11 is 2.97. The molecule has 1 aromatic carbocycles. The molecule has 0 radical (unpaired) electrons. The summed E-state index contributed by atoms with van der Waals surface area (Å²) in [6.07, 6.45) is 2.06. The molecule has 20 heavy (non-hydrogen) atoms. The van der Waals surface area contributed by atoms with Crippen LogP contribution in [0.4, 0.5) is 10.8 Å². The van der Waals surface area contributed by atoms with E-state index < -0.39 is 0 Å². The highest BCUT2D eigenvalue weighted by molar-refractivity contribution is 7.99. The molecular weight excluding hydrogens is 290 g/mol. The van der Waals surface area contributed by atoms with E-state index in [2.05, 4.69) is 16.9 Å². The quantitative estimate of drug-likeness (QED) is 0.635. The normalized spacial score (nSPS) is 10.2. The van der Waals surface area contributed by atoms with Crippen LogP contribution in [0.5, 0.6) is 0 Å². The van der Waals surface area contributed by atoms with Gasteiger partial charge in [0.1, 0.15) is 0 Å². The first-order valence-electron chi connectivity index (χ1n) is 6.01. The van der Waals surface area contributed by atoms with Crippen molar-refractivity contribution >= 4 is 39.8 Å². The highest BCUT2D eigenvalue weighted by Gasteiger charge is 2.09. The van der Waals surface area contributed by atoms with E-state index in [1.54, 1.807) is 17.1 Å². The number of nitrogens with zero attached hydrogens (tertiary/aromatic N) is 1. The van der Waals surface area contributed by atoms with Gasteiger partial charge in [0, 0.05) is 16.0 Å². The minimum atomic E-state index is -0.0954. The number of rotatable bonds is 6. The molecule has 104 valence electrons. The van der Waals surface area contributed by atoms with Crippen molar-refractivity contribution in [2.24, 2.45) is 0 Å². The summed E-state index contributed by atoms with van der Waals surface area (Å²) in [5, 5.41) is 5.19. The lowest BCUT2D eigenvalue weighted by Crippen LogP contribution is -2.15. The molecule has 0 saturated carbocycles. The molecule has 4 nitrogen and oxygen atoms in total. The number of anilines is 2. The first-order valence-corrected chi connectivity index (χ1v) is 7.88. The lowest BCUT2D eigenvalue weighted by atomic mass is 10.3. The molecule has 0 unspecified atom stereocenters. The molecule has 2 aromatic rings. The van der Waals surface area contributed by atoms with Crippen molar-refractivity contribution in [3.05, 3.63) is 48.0 Å². The number of aromatic nitrogens is 1. The van der Waals surface area contributed by atoms with Crippen molar-refractivity contribution in [3.8, 4) is 0 Å². The van der Waals surface area contributed by atoms with Crippen molar-refractivity contribution in [1.29, 1.82) is 0 Å². The maximum absolute atomic E-state index is 12.0. The maximum atomic E-state index is 12.0. The molecule has 0 aliphatic carbocycles. The summed E-state index contributed by atoms with van der Waals surface area (Å²) in [6.45, 7) is 3.70. The molecule has 0 aliphatic rings. The predicted molar refractivity (Wildman–Crippen MR) is 86.2 cm³/mol. The molecule has 1 amide bonds. The number of benzene rings is 1. The highest BCUT2D eigenvalue weighted by atomic mass is 32.2. The van der Waals surface area contributed by atoms with Crippen molar-refractivity contribution < 1.29 is 4.79 Å². The zero-order valence-corrected chi connectivity index (χ0v) is 12.5. The number of hydrogen-bond acceptors (Lipinski definition) is 5. The van der Waals surface area contributed by atoms with Crippen molar-refractivity contribution in [2.45, 2.75) is 11.3 Å². The van der Waals surface area contributed by atoms with E-state index in [4.69, 9.17) is 5.73 Å². The molecule has 0 saturated heterocycles. The zero-order chi connectivity index (χ0) is 14.4. The number of para-hydroxylation sites is 1. The van der Waals surface area contributed by atoms with Gasteiger partial charge in [0.05, 0.1) is 17.8 Å². The largest absolute Gasteiger partial charge is 0.375 e. The Morgan fingerprint density at radius 3 is 3.00 bits per heavy atom. The lowest BCUT2D eigenvalue weighted by molar-refractivity contribution is -0.115. The number of amides is 1. The summed E-state index contributed by atoms with van der Waals surface area (Å²) in [4.78, 5) is 17.1. The van der Waals surface area contributed by atoms with Gasteiger partial charge in [-0.2, -0.15) is 0 Å². The van der Waals surface area contributed by atoms with Crippen molar-refractivity contribution in [1.82, 2.24) is 4.98 Å². The van der Waals surface area contributed by atoms with E-state index in [0.29, 0.717) is 10.8 Å². The fraction of sp³-hybridized carbons (Fsp3) is 0.143. The lowest BCUT2D eigenvalue weighted by Gasteiger charge is -2.09. The van der Waals surface area contributed by atoms with Crippen LogP contribution in [0.3, 0.4) is 0 Å². The van der Waals surface area contributed by atoms with E-state index in [-0.39, 0.29) is 12.3 Å². The van der Waals surface area contributed by atoms with Gasteiger partial charge in [0.25, 0.3) is 0 Å². The number of nitrogen functional groups attached to an aromatic ring is 1. The van der Waals surface area contributed by atoms with Crippen LogP contribution in [0.15, 0.2) is 47.2 Å². The van der Waals surface area contributed by atoms with Gasteiger partial charge in [-0.15, -0.1) is 29.7 Å². The second-order valence-corrected chi connectivity index (χ2v) is 5.95. The molecule has 0 atom stereocenters. The molecule has 1 aromatic heterocycles. The highest BCUT2D eigenvalue weighted by Crippen LogP contribution is 2.27. The van der Waals surface area contributed by atoms with Gasteiger partial charge >= 0.3 is 0 Å². The average molecular weight is 305 g/mol. The monoisotopic (exact) mass is 305 g/mol.